The highest BCUT2D eigenvalue weighted by molar-refractivity contribution is 7.92. The highest BCUT2D eigenvalue weighted by atomic mass is 32.2. The van der Waals surface area contributed by atoms with Gasteiger partial charge in [0, 0.05) is 6.42 Å². The molecule has 0 spiro atoms. The Balaban J connectivity index is 2.34. The number of benzene rings is 1. The number of carbonyl (C=O) groups is 2. The quantitative estimate of drug-likeness (QED) is 0.573. The van der Waals surface area contributed by atoms with Crippen LogP contribution < -0.4 is 0 Å². The third-order valence-electron chi connectivity index (χ3n) is 2.53. The summed E-state index contributed by atoms with van der Waals surface area (Å²) in [4.78, 5) is 22.3. The average molecular weight is 254 g/mol. The van der Waals surface area contributed by atoms with E-state index < -0.39 is 27.0 Å². The molecule has 1 heterocycles. The molecule has 0 saturated carbocycles. The van der Waals surface area contributed by atoms with Crippen molar-refractivity contribution >= 4 is 21.8 Å². The fraction of sp³-hybridized carbons (Fsp3) is 0.273. The number of hydrogen-bond donors (Lipinski definition) is 0. The molecule has 2 rings (SSSR count). The molecule has 0 radical (unpaired) electrons. The Morgan fingerprint density at radius 2 is 1.76 bits per heavy atom. The minimum atomic E-state index is -3.76. The number of esters is 2. The van der Waals surface area contributed by atoms with Gasteiger partial charge in [-0.1, -0.05) is 18.2 Å². The van der Waals surface area contributed by atoms with Crippen LogP contribution in [0.1, 0.15) is 12.8 Å². The van der Waals surface area contributed by atoms with Crippen LogP contribution in [0.2, 0.25) is 0 Å². The summed E-state index contributed by atoms with van der Waals surface area (Å²) in [6, 6.07) is 7.66. The number of rotatable bonds is 2. The molecule has 0 aromatic heterocycles. The van der Waals surface area contributed by atoms with E-state index in [-0.39, 0.29) is 17.7 Å². The summed E-state index contributed by atoms with van der Waals surface area (Å²) < 4.78 is 28.5. The molecule has 0 N–H and O–H groups in total. The number of ether oxygens (including phenoxy) is 1. The van der Waals surface area contributed by atoms with Gasteiger partial charge in [0.2, 0.25) is 0 Å². The summed E-state index contributed by atoms with van der Waals surface area (Å²) in [7, 11) is -3.76. The standard InChI is InChI=1S/C11H10O5S/c12-10-7-6-9(11(13)16-10)17(14,15)8-4-2-1-3-5-8/h1-5,9H,6-7H2. The molecule has 17 heavy (non-hydrogen) atoms. The van der Waals surface area contributed by atoms with Crippen molar-refractivity contribution in [3.05, 3.63) is 30.3 Å². The first-order valence-corrected chi connectivity index (χ1v) is 6.60. The Hall–Kier alpha value is -1.69. The Bertz CT molecular complexity index is 546. The molecule has 6 heteroatoms. The molecule has 0 aliphatic carbocycles. The predicted molar refractivity (Wildman–Crippen MR) is 57.7 cm³/mol. The maximum atomic E-state index is 12.1. The summed E-state index contributed by atoms with van der Waals surface area (Å²) in [5, 5.41) is -1.28. The van der Waals surface area contributed by atoms with Crippen LogP contribution in [-0.4, -0.2) is 25.6 Å². The summed E-state index contributed by atoms with van der Waals surface area (Å²) in [6.45, 7) is 0. The van der Waals surface area contributed by atoms with Gasteiger partial charge in [0.25, 0.3) is 0 Å². The molecular weight excluding hydrogens is 244 g/mol. The van der Waals surface area contributed by atoms with E-state index in [4.69, 9.17) is 0 Å². The van der Waals surface area contributed by atoms with E-state index in [9.17, 15) is 18.0 Å². The van der Waals surface area contributed by atoms with Crippen LogP contribution in [-0.2, 0) is 24.2 Å². The molecule has 1 aromatic rings. The van der Waals surface area contributed by atoms with Gasteiger partial charge in [-0.2, -0.15) is 0 Å². The van der Waals surface area contributed by atoms with Crippen molar-refractivity contribution < 1.29 is 22.7 Å². The Morgan fingerprint density at radius 3 is 2.35 bits per heavy atom. The molecule has 0 bridgehead atoms. The lowest BCUT2D eigenvalue weighted by atomic mass is 10.2. The molecule has 1 aliphatic rings. The van der Waals surface area contributed by atoms with E-state index in [1.807, 2.05) is 0 Å². The van der Waals surface area contributed by atoms with Crippen LogP contribution >= 0.6 is 0 Å². The molecule has 5 nitrogen and oxygen atoms in total. The lowest BCUT2D eigenvalue weighted by Crippen LogP contribution is -2.38. The van der Waals surface area contributed by atoms with Crippen molar-refractivity contribution in [1.29, 1.82) is 0 Å². The second kappa shape index (κ2) is 4.29. The van der Waals surface area contributed by atoms with Crippen molar-refractivity contribution in [1.82, 2.24) is 0 Å². The Kier molecular flexibility index (Phi) is 2.97. The Morgan fingerprint density at radius 1 is 1.12 bits per heavy atom. The molecule has 1 aliphatic heterocycles. The summed E-state index contributed by atoms with van der Waals surface area (Å²) >= 11 is 0. The highest BCUT2D eigenvalue weighted by Crippen LogP contribution is 2.23. The van der Waals surface area contributed by atoms with Crippen molar-refractivity contribution in [3.63, 3.8) is 0 Å². The maximum absolute atomic E-state index is 12.1. The largest absolute Gasteiger partial charge is 0.392 e. The smallest absolute Gasteiger partial charge is 0.332 e. The molecule has 1 fully saturated rings. The fourth-order valence-electron chi connectivity index (χ4n) is 1.65. The molecular formula is C11H10O5S. The number of carbonyl (C=O) groups excluding carboxylic acids is 2. The van der Waals surface area contributed by atoms with Gasteiger partial charge in [-0.25, -0.2) is 8.42 Å². The van der Waals surface area contributed by atoms with Crippen molar-refractivity contribution in [3.8, 4) is 0 Å². The van der Waals surface area contributed by atoms with Crippen molar-refractivity contribution in [2.24, 2.45) is 0 Å². The third kappa shape index (κ3) is 2.21. The topological polar surface area (TPSA) is 77.5 Å². The van der Waals surface area contributed by atoms with Gasteiger partial charge in [0.05, 0.1) is 4.90 Å². The van der Waals surface area contributed by atoms with E-state index in [1.54, 1.807) is 18.2 Å². The first-order valence-electron chi connectivity index (χ1n) is 5.05. The van der Waals surface area contributed by atoms with Gasteiger partial charge in [-0.15, -0.1) is 0 Å². The van der Waals surface area contributed by atoms with E-state index in [1.165, 1.54) is 12.1 Å². The van der Waals surface area contributed by atoms with Crippen LogP contribution in [0.5, 0.6) is 0 Å². The van der Waals surface area contributed by atoms with Crippen LogP contribution in [0.3, 0.4) is 0 Å². The van der Waals surface area contributed by atoms with Gasteiger partial charge < -0.3 is 4.74 Å². The first-order chi connectivity index (χ1) is 8.01. The van der Waals surface area contributed by atoms with Crippen LogP contribution in [0.25, 0.3) is 0 Å². The molecule has 0 amide bonds. The van der Waals surface area contributed by atoms with Gasteiger partial charge in [0.1, 0.15) is 0 Å². The average Bonchev–Trinajstić information content (AvgIpc) is 2.29. The van der Waals surface area contributed by atoms with Gasteiger partial charge in [0.15, 0.2) is 15.1 Å². The summed E-state index contributed by atoms with van der Waals surface area (Å²) in [5.41, 5.74) is 0. The van der Waals surface area contributed by atoms with Crippen molar-refractivity contribution in [2.45, 2.75) is 23.0 Å². The maximum Gasteiger partial charge on any atom is 0.332 e. The number of hydrogen-bond acceptors (Lipinski definition) is 5. The number of cyclic esters (lactones) is 2. The van der Waals surface area contributed by atoms with Crippen LogP contribution in [0.15, 0.2) is 35.2 Å². The molecule has 1 aromatic carbocycles. The zero-order chi connectivity index (χ0) is 12.5. The van der Waals surface area contributed by atoms with Gasteiger partial charge >= 0.3 is 11.9 Å². The highest BCUT2D eigenvalue weighted by Gasteiger charge is 2.39. The fourth-order valence-corrected chi connectivity index (χ4v) is 3.25. The van der Waals surface area contributed by atoms with Crippen molar-refractivity contribution in [2.75, 3.05) is 0 Å². The Labute approximate surface area is 98.3 Å². The van der Waals surface area contributed by atoms with Gasteiger partial charge in [-0.3, -0.25) is 9.59 Å². The molecule has 1 unspecified atom stereocenters. The zero-order valence-electron chi connectivity index (χ0n) is 8.83. The van der Waals surface area contributed by atoms with E-state index in [0.717, 1.165) is 0 Å². The van der Waals surface area contributed by atoms with Crippen LogP contribution in [0, 0.1) is 0 Å². The predicted octanol–water partition coefficient (Wildman–Crippen LogP) is 0.693. The second-order valence-corrected chi connectivity index (χ2v) is 5.81. The SMILES string of the molecule is O=C1CCC(S(=O)(=O)c2ccccc2)C(=O)O1. The normalized spacial score (nSPS) is 21.1. The monoisotopic (exact) mass is 254 g/mol. The lowest BCUT2D eigenvalue weighted by molar-refractivity contribution is -0.162. The summed E-state index contributed by atoms with van der Waals surface area (Å²) in [5.74, 6) is -1.65. The molecule has 1 atom stereocenters. The molecule has 90 valence electrons. The summed E-state index contributed by atoms with van der Waals surface area (Å²) in [6.07, 6.45) is -0.0721. The molecule has 1 saturated heterocycles. The van der Waals surface area contributed by atoms with E-state index >= 15 is 0 Å². The first kappa shape index (κ1) is 11.8. The lowest BCUT2D eigenvalue weighted by Gasteiger charge is -2.19. The van der Waals surface area contributed by atoms with Crippen LogP contribution in [0.4, 0.5) is 0 Å². The van der Waals surface area contributed by atoms with E-state index in [0.29, 0.717) is 0 Å². The zero-order valence-corrected chi connectivity index (χ0v) is 9.64. The number of sulfone groups is 1. The minimum absolute atomic E-state index is 0.0190. The third-order valence-corrected chi connectivity index (χ3v) is 4.64. The van der Waals surface area contributed by atoms with E-state index in [2.05, 4.69) is 4.74 Å². The second-order valence-electron chi connectivity index (χ2n) is 3.68. The van der Waals surface area contributed by atoms with Gasteiger partial charge in [-0.05, 0) is 18.6 Å². The minimum Gasteiger partial charge on any atom is -0.392 e.